The van der Waals surface area contributed by atoms with Gasteiger partial charge in [-0.2, -0.15) is 13.2 Å². The van der Waals surface area contributed by atoms with E-state index in [0.717, 1.165) is 33.7 Å². The lowest BCUT2D eigenvalue weighted by molar-refractivity contribution is -0.137. The molecule has 0 atom stereocenters. The zero-order valence-electron chi connectivity index (χ0n) is 20.6. The molecule has 0 unspecified atom stereocenters. The van der Waals surface area contributed by atoms with Crippen LogP contribution in [0.3, 0.4) is 0 Å². The molecule has 0 fully saturated rings. The molecule has 0 amide bonds. The number of alkyl halides is 3. The van der Waals surface area contributed by atoms with Gasteiger partial charge in [0.15, 0.2) is 5.17 Å². The predicted molar refractivity (Wildman–Crippen MR) is 149 cm³/mol. The van der Waals surface area contributed by atoms with Gasteiger partial charge in [-0.3, -0.25) is 0 Å². The minimum Gasteiger partial charge on any atom is -0.508 e. The summed E-state index contributed by atoms with van der Waals surface area (Å²) in [4.78, 5) is 7.89. The fourth-order valence-corrected chi connectivity index (χ4v) is 4.92. The highest BCUT2D eigenvalue weighted by molar-refractivity contribution is 8.13. The summed E-state index contributed by atoms with van der Waals surface area (Å²) in [5.74, 6) is 0.175. The van der Waals surface area contributed by atoms with E-state index >= 15 is 0 Å². The maximum Gasteiger partial charge on any atom is 0.416 e. The second kappa shape index (κ2) is 12.4. The molecule has 0 heterocycles. The predicted octanol–water partition coefficient (Wildman–Crippen LogP) is 8.90. The number of hydrogen-bond acceptors (Lipinski definition) is 3. The van der Waals surface area contributed by atoms with E-state index < -0.39 is 11.7 Å². The lowest BCUT2D eigenvalue weighted by Crippen LogP contribution is -2.30. The Morgan fingerprint density at radius 2 is 1.55 bits per heavy atom. The zero-order valence-corrected chi connectivity index (χ0v) is 22.2. The van der Waals surface area contributed by atoms with E-state index in [9.17, 15) is 18.3 Å². The molecule has 196 valence electrons. The van der Waals surface area contributed by atoms with Crippen LogP contribution in [0.15, 0.2) is 107 Å². The Bertz CT molecular complexity index is 1370. The van der Waals surface area contributed by atoms with Gasteiger partial charge >= 0.3 is 6.18 Å². The van der Waals surface area contributed by atoms with E-state index in [4.69, 9.17) is 16.6 Å². The number of aliphatic imine (C=N–C) groups is 1. The van der Waals surface area contributed by atoms with Gasteiger partial charge in [0.2, 0.25) is 0 Å². The summed E-state index contributed by atoms with van der Waals surface area (Å²) >= 11 is 7.51. The number of phenols is 1. The van der Waals surface area contributed by atoms with Gasteiger partial charge in [0.1, 0.15) is 5.75 Å². The Hall–Kier alpha value is -3.42. The molecule has 38 heavy (non-hydrogen) atoms. The number of amidine groups is 1. The van der Waals surface area contributed by atoms with Crippen LogP contribution in [0.5, 0.6) is 5.75 Å². The molecule has 3 nitrogen and oxygen atoms in total. The van der Waals surface area contributed by atoms with E-state index in [1.165, 1.54) is 23.9 Å². The van der Waals surface area contributed by atoms with E-state index in [-0.39, 0.29) is 5.75 Å². The van der Waals surface area contributed by atoms with E-state index in [0.29, 0.717) is 35.4 Å². The van der Waals surface area contributed by atoms with Crippen LogP contribution in [-0.2, 0) is 19.1 Å². The van der Waals surface area contributed by atoms with Crippen molar-refractivity contribution in [3.05, 3.63) is 124 Å². The Kier molecular flexibility index (Phi) is 9.02. The lowest BCUT2D eigenvalue weighted by atomic mass is 10.1. The minimum atomic E-state index is -4.41. The van der Waals surface area contributed by atoms with E-state index in [1.54, 1.807) is 12.1 Å². The molecule has 0 saturated heterocycles. The van der Waals surface area contributed by atoms with Crippen LogP contribution in [0.2, 0.25) is 5.02 Å². The van der Waals surface area contributed by atoms with Crippen molar-refractivity contribution in [2.45, 2.75) is 31.0 Å². The van der Waals surface area contributed by atoms with Crippen molar-refractivity contribution in [3.8, 4) is 5.75 Å². The number of benzene rings is 4. The van der Waals surface area contributed by atoms with Crippen LogP contribution in [0.25, 0.3) is 0 Å². The van der Waals surface area contributed by atoms with Crippen LogP contribution in [0.1, 0.15) is 22.3 Å². The first-order valence-corrected chi connectivity index (χ1v) is 13.1. The molecule has 1 N–H and O–H groups in total. The van der Waals surface area contributed by atoms with Crippen molar-refractivity contribution in [1.29, 1.82) is 0 Å². The van der Waals surface area contributed by atoms with Gasteiger partial charge in [-0.05, 0) is 85.1 Å². The number of aromatic hydroxyl groups is 1. The van der Waals surface area contributed by atoms with Crippen molar-refractivity contribution in [2.75, 3.05) is 6.54 Å². The summed E-state index contributed by atoms with van der Waals surface area (Å²) in [7, 11) is 0. The monoisotopic (exact) mass is 554 g/mol. The number of rotatable bonds is 7. The number of thioether (sulfide) groups is 1. The minimum absolute atomic E-state index is 0.175. The Labute approximate surface area is 229 Å². The van der Waals surface area contributed by atoms with Crippen LogP contribution in [0, 0.1) is 6.92 Å². The summed E-state index contributed by atoms with van der Waals surface area (Å²) in [6, 6.07) is 27.5. The molecule has 0 saturated carbocycles. The van der Waals surface area contributed by atoms with Crippen LogP contribution in [-0.4, -0.2) is 21.7 Å². The summed E-state index contributed by atoms with van der Waals surface area (Å²) in [5, 5.41) is 11.0. The van der Waals surface area contributed by atoms with Gasteiger partial charge in [0.25, 0.3) is 0 Å². The third kappa shape index (κ3) is 8.04. The van der Waals surface area contributed by atoms with Gasteiger partial charge < -0.3 is 10.0 Å². The van der Waals surface area contributed by atoms with Crippen molar-refractivity contribution in [2.24, 2.45) is 4.99 Å². The van der Waals surface area contributed by atoms with Crippen LogP contribution in [0.4, 0.5) is 18.9 Å². The second-order valence-electron chi connectivity index (χ2n) is 8.82. The fraction of sp³-hybridized carbons (Fsp3) is 0.167. The Balaban J connectivity index is 1.71. The Morgan fingerprint density at radius 3 is 2.18 bits per heavy atom. The molecular formula is C30H26ClF3N2OS. The van der Waals surface area contributed by atoms with Crippen molar-refractivity contribution in [1.82, 2.24) is 4.90 Å². The highest BCUT2D eigenvalue weighted by Crippen LogP contribution is 2.32. The van der Waals surface area contributed by atoms with Gasteiger partial charge in [0, 0.05) is 23.0 Å². The standard InChI is InChI=1S/C30H26ClF3N2OS/c1-21-3-2-4-28(19-21)38-29(35-26-13-9-24(10-14-26)30(32,33)34)36(20-23-7-15-27(37)16-8-23)18-17-22-5-11-25(31)12-6-22/h2-16,19,37H,17-18,20H2,1H3. The summed E-state index contributed by atoms with van der Waals surface area (Å²) in [6.45, 7) is 3.10. The summed E-state index contributed by atoms with van der Waals surface area (Å²) in [5.41, 5.74) is 2.86. The molecule has 4 rings (SSSR count). The molecule has 0 aliphatic carbocycles. The first kappa shape index (κ1) is 27.6. The molecule has 4 aromatic carbocycles. The number of phenolic OH excluding ortho intramolecular Hbond substituents is 1. The maximum absolute atomic E-state index is 13.1. The van der Waals surface area contributed by atoms with Crippen molar-refractivity contribution >= 4 is 34.2 Å². The topological polar surface area (TPSA) is 35.8 Å². The molecular weight excluding hydrogens is 529 g/mol. The molecule has 8 heteroatoms. The Morgan fingerprint density at radius 1 is 0.895 bits per heavy atom. The maximum atomic E-state index is 13.1. The van der Waals surface area contributed by atoms with E-state index in [1.807, 2.05) is 67.6 Å². The van der Waals surface area contributed by atoms with Crippen molar-refractivity contribution < 1.29 is 18.3 Å². The fourth-order valence-electron chi connectivity index (χ4n) is 3.76. The SMILES string of the molecule is Cc1cccc(SC(=Nc2ccc(C(F)(F)F)cc2)N(CCc2ccc(Cl)cc2)Cc2ccc(O)cc2)c1. The number of aryl methyl sites for hydroxylation is 1. The largest absolute Gasteiger partial charge is 0.508 e. The number of hydrogen-bond donors (Lipinski definition) is 1. The smallest absolute Gasteiger partial charge is 0.416 e. The van der Waals surface area contributed by atoms with E-state index in [2.05, 4.69) is 4.90 Å². The third-order valence-corrected chi connectivity index (χ3v) is 7.06. The molecule has 0 spiro atoms. The average Bonchev–Trinajstić information content (AvgIpc) is 2.88. The molecule has 0 bridgehead atoms. The van der Waals surface area contributed by atoms with Gasteiger partial charge in [-0.15, -0.1) is 0 Å². The molecule has 0 aliphatic rings. The van der Waals surface area contributed by atoms with Gasteiger partial charge in [0.05, 0.1) is 11.3 Å². The zero-order chi connectivity index (χ0) is 27.1. The highest BCUT2D eigenvalue weighted by atomic mass is 35.5. The van der Waals surface area contributed by atoms with Crippen LogP contribution >= 0.6 is 23.4 Å². The average molecular weight is 555 g/mol. The van der Waals surface area contributed by atoms with Gasteiger partial charge in [-0.25, -0.2) is 4.99 Å². The summed E-state index contributed by atoms with van der Waals surface area (Å²) in [6.07, 6.45) is -3.71. The van der Waals surface area contributed by atoms with Crippen LogP contribution < -0.4 is 0 Å². The first-order chi connectivity index (χ1) is 18.2. The molecule has 0 aliphatic heterocycles. The molecule has 4 aromatic rings. The molecule has 0 radical (unpaired) electrons. The first-order valence-electron chi connectivity index (χ1n) is 11.9. The number of halogens is 4. The quantitative estimate of drug-likeness (QED) is 0.141. The second-order valence-corrected chi connectivity index (χ2v) is 10.3. The summed E-state index contributed by atoms with van der Waals surface area (Å²) < 4.78 is 39.4. The number of nitrogens with zero attached hydrogens (tertiary/aromatic N) is 2. The lowest BCUT2D eigenvalue weighted by Gasteiger charge is -2.26. The molecule has 0 aromatic heterocycles. The highest BCUT2D eigenvalue weighted by Gasteiger charge is 2.30. The normalized spacial score (nSPS) is 12.0. The van der Waals surface area contributed by atoms with Crippen molar-refractivity contribution in [3.63, 3.8) is 0 Å². The van der Waals surface area contributed by atoms with Gasteiger partial charge in [-0.1, -0.05) is 65.3 Å². The third-order valence-electron chi connectivity index (χ3n) is 5.78.